The van der Waals surface area contributed by atoms with Crippen LogP contribution in [0.25, 0.3) is 10.9 Å². The van der Waals surface area contributed by atoms with E-state index in [2.05, 4.69) is 50.5 Å². The molecule has 0 unspecified atom stereocenters. The van der Waals surface area contributed by atoms with Gasteiger partial charge in [-0.1, -0.05) is 22.0 Å². The van der Waals surface area contributed by atoms with E-state index in [0.717, 1.165) is 29.5 Å². The van der Waals surface area contributed by atoms with Crippen LogP contribution in [0.2, 0.25) is 0 Å². The summed E-state index contributed by atoms with van der Waals surface area (Å²) in [5.41, 5.74) is 3.67. The van der Waals surface area contributed by atoms with Crippen LogP contribution >= 0.6 is 15.9 Å². The van der Waals surface area contributed by atoms with Crippen LogP contribution in [0.3, 0.4) is 0 Å². The van der Waals surface area contributed by atoms with Crippen LogP contribution in [0, 0.1) is 0 Å². The second-order valence-electron chi connectivity index (χ2n) is 3.86. The van der Waals surface area contributed by atoms with Crippen molar-refractivity contribution in [2.24, 2.45) is 0 Å². The summed E-state index contributed by atoms with van der Waals surface area (Å²) in [6, 6.07) is 8.53. The van der Waals surface area contributed by atoms with Gasteiger partial charge in [0, 0.05) is 16.4 Å². The molecule has 0 saturated heterocycles. The van der Waals surface area contributed by atoms with Crippen molar-refractivity contribution in [3.8, 4) is 0 Å². The number of nitrogens with one attached hydrogen (secondary N) is 1. The molecule has 1 aliphatic heterocycles. The second-order valence-corrected chi connectivity index (χ2v) is 4.77. The number of benzene rings is 1. The molecule has 1 N–H and O–H groups in total. The molecule has 0 amide bonds. The van der Waals surface area contributed by atoms with Gasteiger partial charge >= 0.3 is 0 Å². The van der Waals surface area contributed by atoms with Gasteiger partial charge in [0.25, 0.3) is 0 Å². The van der Waals surface area contributed by atoms with Crippen LogP contribution in [-0.4, -0.2) is 11.5 Å². The highest BCUT2D eigenvalue weighted by Gasteiger charge is 2.10. The first-order valence-electron chi connectivity index (χ1n) is 5.12. The highest BCUT2D eigenvalue weighted by atomic mass is 79.9. The minimum Gasteiger partial charge on any atom is -0.311 e. The molecule has 0 aliphatic carbocycles. The average Bonchev–Trinajstić information content (AvgIpc) is 2.26. The number of pyridine rings is 1. The Morgan fingerprint density at radius 1 is 1.27 bits per heavy atom. The highest BCUT2D eigenvalue weighted by Crippen LogP contribution is 2.22. The Hall–Kier alpha value is -0.930. The fourth-order valence-electron chi connectivity index (χ4n) is 2.02. The van der Waals surface area contributed by atoms with E-state index in [1.54, 1.807) is 0 Å². The molecule has 0 saturated carbocycles. The summed E-state index contributed by atoms with van der Waals surface area (Å²) in [4.78, 5) is 4.68. The van der Waals surface area contributed by atoms with E-state index in [0.29, 0.717) is 0 Å². The Bertz CT molecular complexity index is 522. The normalized spacial score (nSPS) is 15.3. The molecule has 0 radical (unpaired) electrons. The molecule has 2 heterocycles. The van der Waals surface area contributed by atoms with Crippen molar-refractivity contribution >= 4 is 26.8 Å². The molecule has 0 bridgehead atoms. The summed E-state index contributed by atoms with van der Waals surface area (Å²) in [7, 11) is 0. The Labute approximate surface area is 96.8 Å². The summed E-state index contributed by atoms with van der Waals surface area (Å²) < 4.78 is 1.09. The topological polar surface area (TPSA) is 24.9 Å². The monoisotopic (exact) mass is 262 g/mol. The number of aromatic nitrogens is 1. The van der Waals surface area contributed by atoms with Gasteiger partial charge in [-0.25, -0.2) is 0 Å². The maximum atomic E-state index is 4.68. The van der Waals surface area contributed by atoms with Crippen molar-refractivity contribution in [2.75, 3.05) is 6.54 Å². The van der Waals surface area contributed by atoms with Crippen LogP contribution in [0.4, 0.5) is 0 Å². The standard InChI is InChI=1S/C12H11BrN2/c13-10-2-1-8-5-9-3-4-14-7-12(9)15-11(8)6-10/h1-2,5-6,14H,3-4,7H2. The third-order valence-corrected chi connectivity index (χ3v) is 3.31. The Kier molecular flexibility index (Phi) is 2.22. The predicted octanol–water partition coefficient (Wildman–Crippen LogP) is 2.64. The van der Waals surface area contributed by atoms with Crippen LogP contribution in [0.1, 0.15) is 11.3 Å². The van der Waals surface area contributed by atoms with Gasteiger partial charge in [0.2, 0.25) is 0 Å². The van der Waals surface area contributed by atoms with E-state index in [4.69, 9.17) is 0 Å². The van der Waals surface area contributed by atoms with Crippen LogP contribution in [0.5, 0.6) is 0 Å². The molecule has 3 rings (SSSR count). The minimum atomic E-state index is 0.901. The third-order valence-electron chi connectivity index (χ3n) is 2.81. The lowest BCUT2D eigenvalue weighted by Gasteiger charge is -2.16. The lowest BCUT2D eigenvalue weighted by molar-refractivity contribution is 0.630. The smallest absolute Gasteiger partial charge is 0.0717 e. The molecule has 0 fully saturated rings. The number of halogens is 1. The molecule has 1 aliphatic rings. The summed E-state index contributed by atoms with van der Waals surface area (Å²) in [6.07, 6.45) is 1.09. The number of hydrogen-bond donors (Lipinski definition) is 1. The van der Waals surface area contributed by atoms with Crippen LogP contribution in [0.15, 0.2) is 28.7 Å². The lowest BCUT2D eigenvalue weighted by Crippen LogP contribution is -2.24. The van der Waals surface area contributed by atoms with E-state index in [1.807, 2.05) is 0 Å². The first-order valence-corrected chi connectivity index (χ1v) is 5.91. The summed E-state index contributed by atoms with van der Waals surface area (Å²) in [5, 5.41) is 4.58. The highest BCUT2D eigenvalue weighted by molar-refractivity contribution is 9.10. The van der Waals surface area contributed by atoms with E-state index in [1.165, 1.54) is 16.6 Å². The van der Waals surface area contributed by atoms with Gasteiger partial charge in [-0.05, 0) is 36.7 Å². The summed E-state index contributed by atoms with van der Waals surface area (Å²) in [6.45, 7) is 1.97. The predicted molar refractivity (Wildman–Crippen MR) is 64.9 cm³/mol. The molecule has 2 aromatic rings. The molecule has 1 aromatic carbocycles. The maximum Gasteiger partial charge on any atom is 0.0717 e. The zero-order valence-corrected chi connectivity index (χ0v) is 9.84. The van der Waals surface area contributed by atoms with Crippen LogP contribution < -0.4 is 5.32 Å². The maximum absolute atomic E-state index is 4.68. The van der Waals surface area contributed by atoms with Crippen LogP contribution in [-0.2, 0) is 13.0 Å². The zero-order chi connectivity index (χ0) is 10.3. The molecule has 76 valence electrons. The largest absolute Gasteiger partial charge is 0.311 e. The first kappa shape index (κ1) is 9.31. The number of rotatable bonds is 0. The van der Waals surface area contributed by atoms with Gasteiger partial charge in [0.1, 0.15) is 0 Å². The SMILES string of the molecule is Brc1ccc2cc3c(nc2c1)CNCC3. The van der Waals surface area contributed by atoms with Gasteiger partial charge in [-0.3, -0.25) is 4.98 Å². The number of nitrogens with zero attached hydrogens (tertiary/aromatic N) is 1. The summed E-state index contributed by atoms with van der Waals surface area (Å²) >= 11 is 3.47. The van der Waals surface area contributed by atoms with Crippen molar-refractivity contribution < 1.29 is 0 Å². The van der Waals surface area contributed by atoms with Crippen molar-refractivity contribution in [3.05, 3.63) is 40.0 Å². The number of hydrogen-bond acceptors (Lipinski definition) is 2. The quantitative estimate of drug-likeness (QED) is 0.790. The molecule has 15 heavy (non-hydrogen) atoms. The van der Waals surface area contributed by atoms with Crippen molar-refractivity contribution in [2.45, 2.75) is 13.0 Å². The van der Waals surface area contributed by atoms with Crippen molar-refractivity contribution in [1.29, 1.82) is 0 Å². The first-order chi connectivity index (χ1) is 7.33. The van der Waals surface area contributed by atoms with E-state index < -0.39 is 0 Å². The average molecular weight is 263 g/mol. The van der Waals surface area contributed by atoms with Gasteiger partial charge in [0.15, 0.2) is 0 Å². The fourth-order valence-corrected chi connectivity index (χ4v) is 2.37. The zero-order valence-electron chi connectivity index (χ0n) is 8.26. The van der Waals surface area contributed by atoms with Crippen molar-refractivity contribution in [1.82, 2.24) is 10.3 Å². The summed E-state index contributed by atoms with van der Waals surface area (Å²) in [5.74, 6) is 0. The lowest BCUT2D eigenvalue weighted by atomic mass is 10.0. The van der Waals surface area contributed by atoms with Gasteiger partial charge in [0.05, 0.1) is 11.2 Å². The van der Waals surface area contributed by atoms with Gasteiger partial charge in [-0.15, -0.1) is 0 Å². The van der Waals surface area contributed by atoms with E-state index in [-0.39, 0.29) is 0 Å². The van der Waals surface area contributed by atoms with E-state index >= 15 is 0 Å². The molecular weight excluding hydrogens is 252 g/mol. The molecular formula is C12H11BrN2. The molecule has 3 heteroatoms. The van der Waals surface area contributed by atoms with Gasteiger partial charge < -0.3 is 5.32 Å². The van der Waals surface area contributed by atoms with Crippen molar-refractivity contribution in [3.63, 3.8) is 0 Å². The van der Waals surface area contributed by atoms with E-state index in [9.17, 15) is 0 Å². The second kappa shape index (κ2) is 3.58. The Balaban J connectivity index is 2.26. The molecule has 0 spiro atoms. The third kappa shape index (κ3) is 1.66. The Morgan fingerprint density at radius 2 is 2.20 bits per heavy atom. The van der Waals surface area contributed by atoms with Gasteiger partial charge in [-0.2, -0.15) is 0 Å². The fraction of sp³-hybridized carbons (Fsp3) is 0.250. The minimum absolute atomic E-state index is 0.901. The Morgan fingerprint density at radius 3 is 3.13 bits per heavy atom. The number of fused-ring (bicyclic) bond motifs is 2. The molecule has 0 atom stereocenters. The molecule has 1 aromatic heterocycles. The molecule has 2 nitrogen and oxygen atoms in total.